The van der Waals surface area contributed by atoms with E-state index in [1.165, 1.54) is 0 Å². The van der Waals surface area contributed by atoms with Crippen LogP contribution in [-0.4, -0.2) is 83.9 Å². The summed E-state index contributed by atoms with van der Waals surface area (Å²) < 4.78 is 27.5. The van der Waals surface area contributed by atoms with E-state index in [9.17, 15) is 4.79 Å². The highest BCUT2D eigenvalue weighted by Gasteiger charge is 2.45. The molecule has 1 amide bonds. The van der Waals surface area contributed by atoms with Gasteiger partial charge in [0.25, 0.3) is 0 Å². The molecule has 3 aliphatic rings. The Morgan fingerprint density at radius 2 is 1.92 bits per heavy atom. The van der Waals surface area contributed by atoms with Crippen LogP contribution in [0.3, 0.4) is 0 Å². The van der Waals surface area contributed by atoms with Crippen molar-refractivity contribution in [2.45, 2.75) is 70.6 Å². The molecule has 2 aliphatic heterocycles. The Hall–Kier alpha value is -2.20. The quantitative estimate of drug-likeness (QED) is 0.465. The predicted octanol–water partition coefficient (Wildman–Crippen LogP) is 5.23. The number of hydrogen-bond donors (Lipinski definition) is 0. The summed E-state index contributed by atoms with van der Waals surface area (Å²) in [7, 11) is 4.12. The number of nitrogens with zero attached hydrogens (tertiary/aromatic N) is 5. The number of rotatable bonds is 6. The van der Waals surface area contributed by atoms with Gasteiger partial charge in [-0.3, -0.25) is 0 Å². The van der Waals surface area contributed by atoms with Crippen LogP contribution in [0.2, 0.25) is 0 Å². The molecule has 3 fully saturated rings. The van der Waals surface area contributed by atoms with Crippen LogP contribution in [0.1, 0.15) is 52.9 Å². The van der Waals surface area contributed by atoms with Gasteiger partial charge in [0, 0.05) is 36.5 Å². The number of carbonyl (C=O) groups excluding carboxylic acids is 1. The fourth-order valence-electron chi connectivity index (χ4n) is 5.70. The third kappa shape index (κ3) is 5.65. The SMILES string of the molecule is CN(C)CC1(COc2nc(N3CC[C@H]4CCC(C3)N4C(=O)OC(C)(C)C)c3ccc(Br)c(F)c3n2)CC1. The molecule has 8 nitrogen and oxygen atoms in total. The average Bonchev–Trinajstić information content (AvgIpc) is 3.47. The molecule has 1 aromatic heterocycles. The largest absolute Gasteiger partial charge is 0.463 e. The number of benzene rings is 1. The molecule has 2 aromatic rings. The van der Waals surface area contributed by atoms with Gasteiger partial charge in [0.15, 0.2) is 5.82 Å². The van der Waals surface area contributed by atoms with Crippen LogP contribution in [-0.2, 0) is 4.74 Å². The topological polar surface area (TPSA) is 71.0 Å². The van der Waals surface area contributed by atoms with Gasteiger partial charge in [-0.15, -0.1) is 0 Å². The van der Waals surface area contributed by atoms with Crippen LogP contribution < -0.4 is 9.64 Å². The number of amides is 1. The number of carbonyl (C=O) groups is 1. The Bertz CT molecular complexity index is 1180. The van der Waals surface area contributed by atoms with Crippen molar-refractivity contribution in [1.29, 1.82) is 0 Å². The summed E-state index contributed by atoms with van der Waals surface area (Å²) in [5.41, 5.74) is -0.202. The van der Waals surface area contributed by atoms with Crippen LogP contribution >= 0.6 is 15.9 Å². The molecule has 1 aliphatic carbocycles. The fourth-order valence-corrected chi connectivity index (χ4v) is 6.02. The van der Waals surface area contributed by atoms with Gasteiger partial charge in [-0.25, -0.2) is 9.18 Å². The zero-order valence-electron chi connectivity index (χ0n) is 22.4. The van der Waals surface area contributed by atoms with Crippen molar-refractivity contribution >= 4 is 38.7 Å². The summed E-state index contributed by atoms with van der Waals surface area (Å²) in [5, 5.41) is 0.643. The summed E-state index contributed by atoms with van der Waals surface area (Å²) in [4.78, 5) is 28.6. The molecule has 3 heterocycles. The molecule has 0 N–H and O–H groups in total. The second kappa shape index (κ2) is 9.84. The van der Waals surface area contributed by atoms with E-state index in [1.54, 1.807) is 6.07 Å². The number of hydrogen-bond acceptors (Lipinski definition) is 7. The summed E-state index contributed by atoms with van der Waals surface area (Å²) >= 11 is 3.30. The van der Waals surface area contributed by atoms with Gasteiger partial charge < -0.3 is 24.2 Å². The zero-order valence-corrected chi connectivity index (χ0v) is 24.0. The van der Waals surface area contributed by atoms with Crippen molar-refractivity contribution in [2.75, 3.05) is 45.2 Å². The van der Waals surface area contributed by atoms with Crippen LogP contribution in [0.15, 0.2) is 16.6 Å². The van der Waals surface area contributed by atoms with Crippen molar-refractivity contribution in [3.05, 3.63) is 22.4 Å². The van der Waals surface area contributed by atoms with Crippen molar-refractivity contribution in [1.82, 2.24) is 19.8 Å². The first-order valence-electron chi connectivity index (χ1n) is 13.1. The molecule has 0 radical (unpaired) electrons. The van der Waals surface area contributed by atoms with Crippen LogP contribution in [0.25, 0.3) is 10.9 Å². The van der Waals surface area contributed by atoms with E-state index in [0.29, 0.717) is 35.4 Å². The van der Waals surface area contributed by atoms with Gasteiger partial charge in [-0.05, 0) is 95.0 Å². The van der Waals surface area contributed by atoms with Crippen LogP contribution in [0.4, 0.5) is 15.0 Å². The smallest absolute Gasteiger partial charge is 0.410 e. The van der Waals surface area contributed by atoms with Crippen LogP contribution in [0.5, 0.6) is 6.01 Å². The van der Waals surface area contributed by atoms with Crippen molar-refractivity contribution in [2.24, 2.45) is 5.41 Å². The third-order valence-corrected chi connectivity index (χ3v) is 8.13. The van der Waals surface area contributed by atoms with Gasteiger partial charge in [0.05, 0.1) is 17.1 Å². The zero-order chi connectivity index (χ0) is 26.5. The van der Waals surface area contributed by atoms with E-state index in [2.05, 4.69) is 44.8 Å². The van der Waals surface area contributed by atoms with Crippen LogP contribution in [0, 0.1) is 11.2 Å². The van der Waals surface area contributed by atoms with E-state index in [-0.39, 0.29) is 35.1 Å². The fraction of sp³-hybridized carbons (Fsp3) is 0.667. The van der Waals surface area contributed by atoms with E-state index < -0.39 is 11.4 Å². The Morgan fingerprint density at radius 3 is 2.59 bits per heavy atom. The average molecular weight is 579 g/mol. The summed E-state index contributed by atoms with van der Waals surface area (Å²) in [6, 6.07) is 3.87. The second-order valence-corrected chi connectivity index (χ2v) is 13.0. The maximum Gasteiger partial charge on any atom is 0.410 e. The minimum absolute atomic E-state index is 0.00635. The highest BCUT2D eigenvalue weighted by molar-refractivity contribution is 9.10. The molecule has 202 valence electrons. The van der Waals surface area contributed by atoms with Gasteiger partial charge in [0.1, 0.15) is 16.9 Å². The van der Waals surface area contributed by atoms with E-state index >= 15 is 4.39 Å². The minimum atomic E-state index is -0.548. The van der Waals surface area contributed by atoms with Crippen molar-refractivity contribution < 1.29 is 18.7 Å². The second-order valence-electron chi connectivity index (χ2n) is 12.1. The Balaban J connectivity index is 1.44. The summed E-state index contributed by atoms with van der Waals surface area (Å²) in [6.45, 7) is 8.41. The molecule has 1 saturated carbocycles. The number of fused-ring (bicyclic) bond motifs is 3. The maximum absolute atomic E-state index is 15.3. The number of anilines is 1. The Kier molecular flexibility index (Phi) is 7.02. The highest BCUT2D eigenvalue weighted by Crippen LogP contribution is 2.46. The van der Waals surface area contributed by atoms with Gasteiger partial charge in [-0.1, -0.05) is 0 Å². The van der Waals surface area contributed by atoms with E-state index in [0.717, 1.165) is 38.6 Å². The molecule has 37 heavy (non-hydrogen) atoms. The normalized spacial score (nSPS) is 22.9. The molecule has 2 atom stereocenters. The van der Waals surface area contributed by atoms with Crippen molar-refractivity contribution in [3.63, 3.8) is 0 Å². The monoisotopic (exact) mass is 577 g/mol. The molecular weight excluding hydrogens is 541 g/mol. The lowest BCUT2D eigenvalue weighted by Crippen LogP contribution is -2.45. The molecule has 10 heteroatoms. The first-order chi connectivity index (χ1) is 17.4. The number of aromatic nitrogens is 2. The number of halogens is 2. The standard InChI is InChI=1S/C27H37BrFN5O3/c1-26(2,3)37-25(35)34-17-6-7-18(34)14-33(13-10-17)23-19-8-9-20(28)21(29)22(19)30-24(31-23)36-16-27(11-12-27)15-32(4)5/h8-9,17-18H,6-7,10-16H2,1-5H3/t17-,18?/m1/s1. The minimum Gasteiger partial charge on any atom is -0.463 e. The van der Waals surface area contributed by atoms with Gasteiger partial charge >= 0.3 is 12.1 Å². The Morgan fingerprint density at radius 1 is 1.19 bits per heavy atom. The lowest BCUT2D eigenvalue weighted by atomic mass is 10.1. The molecule has 2 saturated heterocycles. The number of ether oxygens (including phenoxy) is 2. The molecule has 1 unspecified atom stereocenters. The lowest BCUT2D eigenvalue weighted by molar-refractivity contribution is 0.0163. The van der Waals surface area contributed by atoms with Gasteiger partial charge in [-0.2, -0.15) is 9.97 Å². The summed E-state index contributed by atoms with van der Waals surface area (Å²) in [5.74, 6) is 0.229. The van der Waals surface area contributed by atoms with E-state index in [1.807, 2.05) is 31.7 Å². The molecule has 2 bridgehead atoms. The predicted molar refractivity (Wildman–Crippen MR) is 145 cm³/mol. The first-order valence-corrected chi connectivity index (χ1v) is 13.9. The molecule has 5 rings (SSSR count). The maximum atomic E-state index is 15.3. The van der Waals surface area contributed by atoms with Gasteiger partial charge in [0.2, 0.25) is 0 Å². The summed E-state index contributed by atoms with van der Waals surface area (Å²) in [6.07, 6.45) is 4.60. The highest BCUT2D eigenvalue weighted by atomic mass is 79.9. The molecule has 1 aromatic carbocycles. The lowest BCUT2D eigenvalue weighted by Gasteiger charge is -2.31. The molecule has 0 spiro atoms. The van der Waals surface area contributed by atoms with Crippen molar-refractivity contribution in [3.8, 4) is 6.01 Å². The Labute approximate surface area is 226 Å². The molecular formula is C27H37BrFN5O3. The third-order valence-electron chi connectivity index (χ3n) is 7.52. The van der Waals surface area contributed by atoms with E-state index in [4.69, 9.17) is 14.5 Å². The first kappa shape index (κ1) is 26.4.